The van der Waals surface area contributed by atoms with Crippen LogP contribution in [0.25, 0.3) is 0 Å². The van der Waals surface area contributed by atoms with Gasteiger partial charge in [-0.05, 0) is 43.7 Å². The van der Waals surface area contributed by atoms with Crippen molar-refractivity contribution in [3.63, 3.8) is 0 Å². The van der Waals surface area contributed by atoms with E-state index in [4.69, 9.17) is 9.15 Å². The average Bonchev–Trinajstić information content (AvgIpc) is 2.93. The van der Waals surface area contributed by atoms with Crippen molar-refractivity contribution in [1.29, 1.82) is 0 Å². The third-order valence-corrected chi connectivity index (χ3v) is 2.91. The van der Waals surface area contributed by atoms with E-state index >= 15 is 0 Å². The highest BCUT2D eigenvalue weighted by Gasteiger charge is 2.08. The molecule has 0 amide bonds. The van der Waals surface area contributed by atoms with E-state index in [1.807, 2.05) is 38.1 Å². The molecular formula is C15H19NO3. The molecule has 19 heavy (non-hydrogen) atoms. The third kappa shape index (κ3) is 3.51. The fraction of sp³-hybridized carbons (Fsp3) is 0.333. The lowest BCUT2D eigenvalue weighted by atomic mass is 10.2. The number of nitrogens with one attached hydrogen (secondary N) is 1. The summed E-state index contributed by atoms with van der Waals surface area (Å²) >= 11 is 0. The summed E-state index contributed by atoms with van der Waals surface area (Å²) < 4.78 is 10.7. The molecule has 0 fully saturated rings. The molecule has 0 bridgehead atoms. The van der Waals surface area contributed by atoms with E-state index < -0.39 is 0 Å². The summed E-state index contributed by atoms with van der Waals surface area (Å²) in [5, 5.41) is 13.0. The summed E-state index contributed by atoms with van der Waals surface area (Å²) in [5.74, 6) is 1.60. The first-order valence-electron chi connectivity index (χ1n) is 6.42. The summed E-state index contributed by atoms with van der Waals surface area (Å²) in [7, 11) is 0. The van der Waals surface area contributed by atoms with E-state index in [0.717, 1.165) is 11.3 Å². The van der Waals surface area contributed by atoms with Crippen molar-refractivity contribution < 1.29 is 14.3 Å². The van der Waals surface area contributed by atoms with Crippen LogP contribution in [0.5, 0.6) is 11.5 Å². The minimum absolute atomic E-state index is 0.138. The topological polar surface area (TPSA) is 54.6 Å². The van der Waals surface area contributed by atoms with E-state index in [2.05, 4.69) is 5.32 Å². The van der Waals surface area contributed by atoms with E-state index in [1.54, 1.807) is 12.3 Å². The van der Waals surface area contributed by atoms with Crippen LogP contribution in [0.1, 0.15) is 31.2 Å². The smallest absolute Gasteiger partial charge is 0.161 e. The van der Waals surface area contributed by atoms with Gasteiger partial charge in [-0.25, -0.2) is 0 Å². The van der Waals surface area contributed by atoms with Gasteiger partial charge in [0.2, 0.25) is 0 Å². The van der Waals surface area contributed by atoms with Gasteiger partial charge in [0.1, 0.15) is 5.76 Å². The molecule has 2 aromatic rings. The Hall–Kier alpha value is -1.94. The first-order chi connectivity index (χ1) is 9.20. The molecule has 0 aliphatic rings. The maximum Gasteiger partial charge on any atom is 0.161 e. The minimum atomic E-state index is 0.138. The molecule has 2 rings (SSSR count). The Morgan fingerprint density at radius 2 is 2.21 bits per heavy atom. The Balaban J connectivity index is 1.97. The lowest BCUT2D eigenvalue weighted by molar-refractivity contribution is 0.317. The number of furan rings is 1. The van der Waals surface area contributed by atoms with Crippen molar-refractivity contribution in [2.75, 3.05) is 6.61 Å². The second-order valence-corrected chi connectivity index (χ2v) is 4.35. The van der Waals surface area contributed by atoms with E-state index in [0.29, 0.717) is 18.9 Å². The predicted octanol–water partition coefficient (Wildman–Crippen LogP) is 3.23. The number of ether oxygens (including phenoxy) is 1. The van der Waals surface area contributed by atoms with Crippen LogP contribution in [0, 0.1) is 0 Å². The number of benzene rings is 1. The van der Waals surface area contributed by atoms with E-state index in [9.17, 15) is 5.11 Å². The van der Waals surface area contributed by atoms with Crippen LogP contribution >= 0.6 is 0 Å². The summed E-state index contributed by atoms with van der Waals surface area (Å²) in [6.45, 7) is 5.15. The zero-order valence-electron chi connectivity index (χ0n) is 11.2. The summed E-state index contributed by atoms with van der Waals surface area (Å²) in [4.78, 5) is 0. The normalized spacial score (nSPS) is 12.3. The number of phenols is 1. The maximum absolute atomic E-state index is 9.63. The fourth-order valence-electron chi connectivity index (χ4n) is 1.85. The van der Waals surface area contributed by atoms with Gasteiger partial charge >= 0.3 is 0 Å². The molecule has 1 unspecified atom stereocenters. The second-order valence-electron chi connectivity index (χ2n) is 4.35. The molecule has 4 nitrogen and oxygen atoms in total. The number of aromatic hydroxyl groups is 1. The number of hydrogen-bond acceptors (Lipinski definition) is 4. The number of hydrogen-bond donors (Lipinski definition) is 2. The highest BCUT2D eigenvalue weighted by atomic mass is 16.5. The Kier molecular flexibility index (Phi) is 4.47. The number of rotatable bonds is 6. The molecular weight excluding hydrogens is 242 g/mol. The first kappa shape index (κ1) is 13.5. The molecule has 1 aromatic heterocycles. The molecule has 0 saturated carbocycles. The van der Waals surface area contributed by atoms with Crippen LogP contribution in [0.3, 0.4) is 0 Å². The Morgan fingerprint density at radius 3 is 2.89 bits per heavy atom. The zero-order chi connectivity index (χ0) is 13.7. The van der Waals surface area contributed by atoms with Gasteiger partial charge in [0.05, 0.1) is 18.9 Å². The van der Waals surface area contributed by atoms with Crippen LogP contribution in [0.15, 0.2) is 41.0 Å². The lowest BCUT2D eigenvalue weighted by Crippen LogP contribution is -2.17. The predicted molar refractivity (Wildman–Crippen MR) is 73.2 cm³/mol. The Labute approximate surface area is 113 Å². The molecule has 102 valence electrons. The van der Waals surface area contributed by atoms with E-state index in [1.165, 1.54) is 0 Å². The molecule has 0 aliphatic carbocycles. The van der Waals surface area contributed by atoms with E-state index in [-0.39, 0.29) is 11.8 Å². The number of phenolic OH excluding ortho intramolecular Hbond substituents is 1. The summed E-state index contributed by atoms with van der Waals surface area (Å²) in [6, 6.07) is 9.33. The highest BCUT2D eigenvalue weighted by Crippen LogP contribution is 2.27. The zero-order valence-corrected chi connectivity index (χ0v) is 11.2. The molecule has 0 saturated heterocycles. The fourth-order valence-corrected chi connectivity index (χ4v) is 1.85. The third-order valence-electron chi connectivity index (χ3n) is 2.91. The molecule has 4 heteroatoms. The summed E-state index contributed by atoms with van der Waals surface area (Å²) in [5.41, 5.74) is 1.06. The van der Waals surface area contributed by atoms with Crippen LogP contribution in [-0.4, -0.2) is 11.7 Å². The lowest BCUT2D eigenvalue weighted by Gasteiger charge is -2.12. The van der Waals surface area contributed by atoms with Crippen molar-refractivity contribution in [2.45, 2.75) is 26.4 Å². The average molecular weight is 261 g/mol. The van der Waals surface area contributed by atoms with Gasteiger partial charge in [0.25, 0.3) is 0 Å². The van der Waals surface area contributed by atoms with Crippen molar-refractivity contribution in [1.82, 2.24) is 5.32 Å². The van der Waals surface area contributed by atoms with Gasteiger partial charge in [-0.15, -0.1) is 0 Å². The van der Waals surface area contributed by atoms with Crippen molar-refractivity contribution in [3.05, 3.63) is 47.9 Å². The second kappa shape index (κ2) is 6.29. The van der Waals surface area contributed by atoms with Crippen LogP contribution in [-0.2, 0) is 6.54 Å². The van der Waals surface area contributed by atoms with Gasteiger partial charge in [-0.1, -0.05) is 6.07 Å². The van der Waals surface area contributed by atoms with Crippen molar-refractivity contribution in [2.24, 2.45) is 0 Å². The van der Waals surface area contributed by atoms with Gasteiger partial charge < -0.3 is 19.6 Å². The SMILES string of the molecule is CCOc1cc(CNC(C)c2ccco2)ccc1O. The van der Waals surface area contributed by atoms with Crippen LogP contribution in [0.2, 0.25) is 0 Å². The van der Waals surface area contributed by atoms with Crippen LogP contribution < -0.4 is 10.1 Å². The molecule has 1 heterocycles. The van der Waals surface area contributed by atoms with Crippen LogP contribution in [0.4, 0.5) is 0 Å². The molecule has 0 radical (unpaired) electrons. The van der Waals surface area contributed by atoms with Gasteiger partial charge in [0.15, 0.2) is 11.5 Å². The van der Waals surface area contributed by atoms with Gasteiger partial charge in [0, 0.05) is 6.54 Å². The molecule has 2 N–H and O–H groups in total. The highest BCUT2D eigenvalue weighted by molar-refractivity contribution is 5.41. The molecule has 1 aromatic carbocycles. The molecule has 0 spiro atoms. The van der Waals surface area contributed by atoms with Gasteiger partial charge in [-0.3, -0.25) is 0 Å². The van der Waals surface area contributed by atoms with Gasteiger partial charge in [-0.2, -0.15) is 0 Å². The monoisotopic (exact) mass is 261 g/mol. The summed E-state index contributed by atoms with van der Waals surface area (Å²) in [6.07, 6.45) is 1.67. The molecule has 1 atom stereocenters. The molecule has 0 aliphatic heterocycles. The van der Waals surface area contributed by atoms with Crippen molar-refractivity contribution >= 4 is 0 Å². The quantitative estimate of drug-likeness (QED) is 0.838. The Morgan fingerprint density at radius 1 is 1.37 bits per heavy atom. The first-order valence-corrected chi connectivity index (χ1v) is 6.42. The largest absolute Gasteiger partial charge is 0.504 e. The van der Waals surface area contributed by atoms with Crippen molar-refractivity contribution in [3.8, 4) is 11.5 Å². The minimum Gasteiger partial charge on any atom is -0.504 e. The maximum atomic E-state index is 9.63. The Bertz CT molecular complexity index is 508. The standard InChI is InChI=1S/C15H19NO3/c1-3-18-15-9-12(6-7-13(15)17)10-16-11(2)14-5-4-8-19-14/h4-9,11,16-17H,3,10H2,1-2H3.